The molecular weight excluding hydrogens is 363 g/mol. The fraction of sp³-hybridized carbons (Fsp3) is 0.188. The SMILES string of the molecule is COc1c(F)cc(C(N)=O)cc1Nc1nc(-c2sc(C)nc2C)cs1. The van der Waals surface area contributed by atoms with Gasteiger partial charge in [-0.05, 0) is 26.0 Å². The van der Waals surface area contributed by atoms with Crippen LogP contribution in [0.3, 0.4) is 0 Å². The quantitative estimate of drug-likeness (QED) is 0.703. The second-order valence-corrected chi connectivity index (χ2v) is 7.27. The molecule has 3 aromatic rings. The number of carbonyl (C=O) groups excluding carboxylic acids is 1. The highest BCUT2D eigenvalue weighted by atomic mass is 32.1. The molecule has 6 nitrogen and oxygen atoms in total. The van der Waals surface area contributed by atoms with E-state index in [1.54, 1.807) is 11.3 Å². The third-order valence-electron chi connectivity index (χ3n) is 3.41. The molecule has 0 spiro atoms. The van der Waals surface area contributed by atoms with Crippen LogP contribution in [0.4, 0.5) is 15.2 Å². The number of thiazole rings is 2. The Bertz CT molecular complexity index is 952. The molecule has 0 aliphatic carbocycles. The van der Waals surface area contributed by atoms with Gasteiger partial charge in [0, 0.05) is 10.9 Å². The van der Waals surface area contributed by atoms with Crippen molar-refractivity contribution in [3.05, 3.63) is 39.6 Å². The minimum atomic E-state index is -0.722. The Hall–Kier alpha value is -2.52. The number of anilines is 2. The molecule has 130 valence electrons. The van der Waals surface area contributed by atoms with E-state index >= 15 is 0 Å². The molecule has 0 aliphatic heterocycles. The van der Waals surface area contributed by atoms with E-state index in [0.29, 0.717) is 5.13 Å². The number of ether oxygens (including phenoxy) is 1. The molecule has 0 bridgehead atoms. The number of carbonyl (C=O) groups is 1. The Labute approximate surface area is 151 Å². The van der Waals surface area contributed by atoms with Gasteiger partial charge in [-0.25, -0.2) is 14.4 Å². The number of benzene rings is 1. The van der Waals surface area contributed by atoms with E-state index in [-0.39, 0.29) is 17.0 Å². The second-order valence-electron chi connectivity index (χ2n) is 5.21. The van der Waals surface area contributed by atoms with Gasteiger partial charge in [-0.15, -0.1) is 22.7 Å². The number of nitrogens with zero attached hydrogens (tertiary/aromatic N) is 2. The van der Waals surface area contributed by atoms with Crippen molar-refractivity contribution in [1.82, 2.24) is 9.97 Å². The summed E-state index contributed by atoms with van der Waals surface area (Å²) >= 11 is 2.92. The van der Waals surface area contributed by atoms with E-state index in [9.17, 15) is 9.18 Å². The van der Waals surface area contributed by atoms with E-state index < -0.39 is 11.7 Å². The van der Waals surface area contributed by atoms with Gasteiger partial charge in [0.25, 0.3) is 0 Å². The molecule has 3 rings (SSSR count). The average Bonchev–Trinajstić information content (AvgIpc) is 3.13. The van der Waals surface area contributed by atoms with Crippen molar-refractivity contribution in [2.24, 2.45) is 5.73 Å². The number of hydrogen-bond donors (Lipinski definition) is 2. The van der Waals surface area contributed by atoms with Crippen molar-refractivity contribution in [3.8, 4) is 16.3 Å². The molecule has 0 atom stereocenters. The van der Waals surface area contributed by atoms with Gasteiger partial charge in [-0.1, -0.05) is 0 Å². The highest BCUT2D eigenvalue weighted by Crippen LogP contribution is 2.36. The predicted molar refractivity (Wildman–Crippen MR) is 97.4 cm³/mol. The predicted octanol–water partition coefficient (Wildman–Crippen LogP) is 3.87. The van der Waals surface area contributed by atoms with Gasteiger partial charge in [0.15, 0.2) is 16.7 Å². The lowest BCUT2D eigenvalue weighted by atomic mass is 10.1. The van der Waals surface area contributed by atoms with Gasteiger partial charge in [-0.2, -0.15) is 0 Å². The lowest BCUT2D eigenvalue weighted by Crippen LogP contribution is -2.12. The summed E-state index contributed by atoms with van der Waals surface area (Å²) < 4.78 is 19.2. The fourth-order valence-corrected chi connectivity index (χ4v) is 4.02. The number of halogens is 1. The number of nitrogens with one attached hydrogen (secondary N) is 1. The Balaban J connectivity index is 1.95. The molecule has 0 fully saturated rings. The van der Waals surface area contributed by atoms with Gasteiger partial charge in [0.05, 0.1) is 34.1 Å². The topological polar surface area (TPSA) is 90.1 Å². The Morgan fingerprint density at radius 3 is 2.68 bits per heavy atom. The van der Waals surface area contributed by atoms with Gasteiger partial charge in [0.2, 0.25) is 5.91 Å². The summed E-state index contributed by atoms with van der Waals surface area (Å²) in [6.07, 6.45) is 0. The van der Waals surface area contributed by atoms with Crippen molar-refractivity contribution in [1.29, 1.82) is 0 Å². The average molecular weight is 378 g/mol. The first kappa shape index (κ1) is 17.3. The van der Waals surface area contributed by atoms with Crippen LogP contribution >= 0.6 is 22.7 Å². The van der Waals surface area contributed by atoms with E-state index in [0.717, 1.165) is 27.3 Å². The summed E-state index contributed by atoms with van der Waals surface area (Å²) in [6.45, 7) is 3.87. The molecule has 25 heavy (non-hydrogen) atoms. The molecule has 2 aromatic heterocycles. The van der Waals surface area contributed by atoms with Crippen LogP contribution in [0.25, 0.3) is 10.6 Å². The highest BCUT2D eigenvalue weighted by Gasteiger charge is 2.17. The molecule has 0 aliphatic rings. The number of aromatic nitrogens is 2. The van der Waals surface area contributed by atoms with Gasteiger partial charge >= 0.3 is 0 Å². The van der Waals surface area contributed by atoms with E-state index in [4.69, 9.17) is 10.5 Å². The maximum absolute atomic E-state index is 14.1. The molecule has 0 saturated heterocycles. The number of hydrogen-bond acceptors (Lipinski definition) is 7. The van der Waals surface area contributed by atoms with Crippen molar-refractivity contribution >= 4 is 39.4 Å². The number of aryl methyl sites for hydroxylation is 2. The first-order chi connectivity index (χ1) is 11.9. The zero-order valence-electron chi connectivity index (χ0n) is 13.7. The number of amides is 1. The van der Waals surface area contributed by atoms with Gasteiger partial charge < -0.3 is 15.8 Å². The molecule has 1 amide bonds. The van der Waals surface area contributed by atoms with E-state index in [1.807, 2.05) is 19.2 Å². The van der Waals surface area contributed by atoms with Crippen LogP contribution in [0.1, 0.15) is 21.1 Å². The number of rotatable bonds is 5. The van der Waals surface area contributed by atoms with Crippen molar-refractivity contribution in [3.63, 3.8) is 0 Å². The third kappa shape index (κ3) is 3.47. The summed E-state index contributed by atoms with van der Waals surface area (Å²) in [5.41, 5.74) is 7.29. The minimum Gasteiger partial charge on any atom is -0.492 e. The normalized spacial score (nSPS) is 10.7. The smallest absolute Gasteiger partial charge is 0.248 e. The van der Waals surface area contributed by atoms with Crippen molar-refractivity contribution in [2.75, 3.05) is 12.4 Å². The van der Waals surface area contributed by atoms with Crippen LogP contribution < -0.4 is 15.8 Å². The van der Waals surface area contributed by atoms with Crippen LogP contribution in [0, 0.1) is 19.7 Å². The van der Waals surface area contributed by atoms with Crippen LogP contribution in [-0.4, -0.2) is 23.0 Å². The third-order valence-corrected chi connectivity index (χ3v) is 5.27. The second kappa shape index (κ2) is 6.77. The Morgan fingerprint density at radius 1 is 1.32 bits per heavy atom. The number of primary amides is 1. The maximum atomic E-state index is 14.1. The van der Waals surface area contributed by atoms with E-state index in [2.05, 4.69) is 15.3 Å². The van der Waals surface area contributed by atoms with Crippen molar-refractivity contribution in [2.45, 2.75) is 13.8 Å². The molecule has 1 aromatic carbocycles. The summed E-state index contributed by atoms with van der Waals surface area (Å²) in [6, 6.07) is 2.48. The molecule has 9 heteroatoms. The monoisotopic (exact) mass is 378 g/mol. The Morgan fingerprint density at radius 2 is 2.08 bits per heavy atom. The first-order valence-electron chi connectivity index (χ1n) is 7.23. The zero-order valence-corrected chi connectivity index (χ0v) is 15.3. The van der Waals surface area contributed by atoms with Crippen molar-refractivity contribution < 1.29 is 13.9 Å². The molecular formula is C16H15FN4O2S2. The highest BCUT2D eigenvalue weighted by molar-refractivity contribution is 7.16. The summed E-state index contributed by atoms with van der Waals surface area (Å²) in [4.78, 5) is 21.3. The molecule has 0 radical (unpaired) electrons. The summed E-state index contributed by atoms with van der Waals surface area (Å²) in [7, 11) is 1.35. The number of methoxy groups -OCH3 is 1. The maximum Gasteiger partial charge on any atom is 0.248 e. The number of nitrogens with two attached hydrogens (primary N) is 1. The summed E-state index contributed by atoms with van der Waals surface area (Å²) in [5, 5.41) is 6.39. The molecule has 0 unspecified atom stereocenters. The lowest BCUT2D eigenvalue weighted by Gasteiger charge is -2.11. The molecule has 3 N–H and O–H groups in total. The minimum absolute atomic E-state index is 0.00781. The van der Waals surface area contributed by atoms with Gasteiger partial charge in [-0.3, -0.25) is 4.79 Å². The zero-order chi connectivity index (χ0) is 18.1. The molecule has 2 heterocycles. The van der Waals surface area contributed by atoms with Gasteiger partial charge in [0.1, 0.15) is 0 Å². The van der Waals surface area contributed by atoms with Crippen LogP contribution in [-0.2, 0) is 0 Å². The summed E-state index contributed by atoms with van der Waals surface area (Å²) in [5.74, 6) is -1.40. The lowest BCUT2D eigenvalue weighted by molar-refractivity contribution is 0.1000. The van der Waals surface area contributed by atoms with Crippen LogP contribution in [0.2, 0.25) is 0 Å². The first-order valence-corrected chi connectivity index (χ1v) is 8.93. The van der Waals surface area contributed by atoms with E-state index in [1.165, 1.54) is 24.5 Å². The fourth-order valence-electron chi connectivity index (χ4n) is 2.36. The Kier molecular flexibility index (Phi) is 4.69. The standard InChI is InChI=1S/C16H15FN4O2S2/c1-7-14(25-8(2)19-7)12-6-24-16(21-12)20-11-5-9(15(18)22)4-10(17)13(11)23-3/h4-6H,1-3H3,(H2,18,22)(H,20,21). The largest absolute Gasteiger partial charge is 0.492 e. The van der Waals surface area contributed by atoms with Crippen LogP contribution in [0.15, 0.2) is 17.5 Å². The molecule has 0 saturated carbocycles. The van der Waals surface area contributed by atoms with Crippen LogP contribution in [0.5, 0.6) is 5.75 Å².